The molecule has 0 fully saturated rings. The number of benzene rings is 2. The molecule has 0 aliphatic rings. The summed E-state index contributed by atoms with van der Waals surface area (Å²) < 4.78 is 5.07. The SMILES string of the molecule is COc1ccc(/C=C/C(=O)CC(=O)/C=C/c2ccccc2)cc1. The van der Waals surface area contributed by atoms with Crippen molar-refractivity contribution >= 4 is 23.7 Å². The van der Waals surface area contributed by atoms with Gasteiger partial charge in [-0.1, -0.05) is 54.6 Å². The normalized spacial score (nSPS) is 11.0. The van der Waals surface area contributed by atoms with Crippen molar-refractivity contribution in [3.63, 3.8) is 0 Å². The van der Waals surface area contributed by atoms with Crippen LogP contribution in [0.15, 0.2) is 66.7 Å². The monoisotopic (exact) mass is 306 g/mol. The largest absolute Gasteiger partial charge is 0.497 e. The summed E-state index contributed by atoms with van der Waals surface area (Å²) in [5.41, 5.74) is 1.81. The molecule has 0 bridgehead atoms. The van der Waals surface area contributed by atoms with Crippen LogP contribution in [-0.4, -0.2) is 18.7 Å². The van der Waals surface area contributed by atoms with E-state index in [4.69, 9.17) is 4.74 Å². The highest BCUT2D eigenvalue weighted by molar-refractivity contribution is 6.10. The molecule has 0 saturated heterocycles. The van der Waals surface area contributed by atoms with Crippen LogP contribution in [0.4, 0.5) is 0 Å². The fourth-order valence-electron chi connectivity index (χ4n) is 1.95. The van der Waals surface area contributed by atoms with E-state index >= 15 is 0 Å². The zero-order valence-electron chi connectivity index (χ0n) is 12.9. The summed E-state index contributed by atoms with van der Waals surface area (Å²) in [5.74, 6) is 0.330. The van der Waals surface area contributed by atoms with Gasteiger partial charge in [-0.05, 0) is 35.4 Å². The summed E-state index contributed by atoms with van der Waals surface area (Å²) in [6.45, 7) is 0. The van der Waals surface area contributed by atoms with E-state index in [2.05, 4.69) is 0 Å². The van der Waals surface area contributed by atoms with Crippen molar-refractivity contribution in [1.82, 2.24) is 0 Å². The number of rotatable bonds is 7. The molecule has 0 heterocycles. The Morgan fingerprint density at radius 2 is 1.35 bits per heavy atom. The molecular weight excluding hydrogens is 288 g/mol. The molecular formula is C20H18O3. The molecule has 0 radical (unpaired) electrons. The van der Waals surface area contributed by atoms with E-state index < -0.39 is 0 Å². The van der Waals surface area contributed by atoms with Gasteiger partial charge in [-0.2, -0.15) is 0 Å². The van der Waals surface area contributed by atoms with Gasteiger partial charge in [-0.25, -0.2) is 0 Å². The van der Waals surface area contributed by atoms with Gasteiger partial charge in [0.2, 0.25) is 0 Å². The lowest BCUT2D eigenvalue weighted by Gasteiger charge is -1.98. The smallest absolute Gasteiger partial charge is 0.163 e. The molecule has 23 heavy (non-hydrogen) atoms. The zero-order valence-corrected chi connectivity index (χ0v) is 12.9. The summed E-state index contributed by atoms with van der Waals surface area (Å²) in [7, 11) is 1.60. The molecule has 116 valence electrons. The molecule has 3 nitrogen and oxygen atoms in total. The third kappa shape index (κ3) is 5.75. The molecule has 0 atom stereocenters. The first-order valence-electron chi connectivity index (χ1n) is 7.28. The Kier molecular flexibility index (Phi) is 6.07. The maximum Gasteiger partial charge on any atom is 0.163 e. The van der Waals surface area contributed by atoms with Crippen LogP contribution < -0.4 is 4.74 Å². The van der Waals surface area contributed by atoms with E-state index in [0.717, 1.165) is 16.9 Å². The Hall–Kier alpha value is -2.94. The fraction of sp³-hybridized carbons (Fsp3) is 0.100. The highest BCUT2D eigenvalue weighted by atomic mass is 16.5. The van der Waals surface area contributed by atoms with Crippen LogP contribution in [-0.2, 0) is 9.59 Å². The van der Waals surface area contributed by atoms with Crippen molar-refractivity contribution in [2.75, 3.05) is 7.11 Å². The molecule has 2 aromatic carbocycles. The maximum absolute atomic E-state index is 11.8. The molecule has 2 rings (SSSR count). The van der Waals surface area contributed by atoms with Crippen LogP contribution >= 0.6 is 0 Å². The van der Waals surface area contributed by atoms with Gasteiger partial charge in [0, 0.05) is 0 Å². The second kappa shape index (κ2) is 8.49. The van der Waals surface area contributed by atoms with Crippen LogP contribution in [0.3, 0.4) is 0 Å². The molecule has 0 spiro atoms. The highest BCUT2D eigenvalue weighted by Gasteiger charge is 2.03. The Labute approximate surface area is 135 Å². The Morgan fingerprint density at radius 3 is 1.87 bits per heavy atom. The van der Waals surface area contributed by atoms with Gasteiger partial charge in [0.15, 0.2) is 11.6 Å². The van der Waals surface area contributed by atoms with E-state index in [1.165, 1.54) is 12.2 Å². The van der Waals surface area contributed by atoms with Gasteiger partial charge in [0.05, 0.1) is 13.5 Å². The zero-order chi connectivity index (χ0) is 16.5. The van der Waals surface area contributed by atoms with E-state index in [0.29, 0.717) is 0 Å². The molecule has 0 N–H and O–H groups in total. The second-order valence-electron chi connectivity index (χ2n) is 4.96. The summed E-state index contributed by atoms with van der Waals surface area (Å²) >= 11 is 0. The number of hydrogen-bond donors (Lipinski definition) is 0. The molecule has 2 aromatic rings. The van der Waals surface area contributed by atoms with Crippen LogP contribution in [0.1, 0.15) is 17.5 Å². The minimum atomic E-state index is -0.219. The van der Waals surface area contributed by atoms with E-state index in [1.807, 2.05) is 54.6 Å². The minimum Gasteiger partial charge on any atom is -0.497 e. The maximum atomic E-state index is 11.8. The average molecular weight is 306 g/mol. The standard InChI is InChI=1S/C20H18O3/c1-23-20-13-9-17(10-14-20)8-12-19(22)15-18(21)11-7-16-5-3-2-4-6-16/h2-14H,15H2,1H3/b11-7+,12-8+. The Balaban J connectivity index is 1.87. The van der Waals surface area contributed by atoms with Crippen molar-refractivity contribution < 1.29 is 14.3 Å². The van der Waals surface area contributed by atoms with Gasteiger partial charge in [0.1, 0.15) is 5.75 Å². The van der Waals surface area contributed by atoms with Crippen molar-refractivity contribution in [3.8, 4) is 5.75 Å². The highest BCUT2D eigenvalue weighted by Crippen LogP contribution is 2.12. The number of carbonyl (C=O) groups is 2. The fourth-order valence-corrected chi connectivity index (χ4v) is 1.95. The van der Waals surface area contributed by atoms with Gasteiger partial charge in [0.25, 0.3) is 0 Å². The molecule has 0 amide bonds. The summed E-state index contributed by atoms with van der Waals surface area (Å²) in [4.78, 5) is 23.6. The number of ketones is 2. The number of ether oxygens (including phenoxy) is 1. The topological polar surface area (TPSA) is 43.4 Å². The van der Waals surface area contributed by atoms with E-state index in [9.17, 15) is 9.59 Å². The molecule has 3 heteroatoms. The van der Waals surface area contributed by atoms with Crippen LogP contribution in [0.5, 0.6) is 5.75 Å². The second-order valence-corrected chi connectivity index (χ2v) is 4.96. The predicted octanol–water partition coefficient (Wildman–Crippen LogP) is 3.95. The molecule has 0 aliphatic carbocycles. The van der Waals surface area contributed by atoms with Crippen molar-refractivity contribution in [2.24, 2.45) is 0 Å². The molecule has 0 aliphatic heterocycles. The van der Waals surface area contributed by atoms with Gasteiger partial charge in [-0.3, -0.25) is 9.59 Å². The summed E-state index contributed by atoms with van der Waals surface area (Å²) in [5, 5.41) is 0. The Bertz CT molecular complexity index is 710. The number of hydrogen-bond acceptors (Lipinski definition) is 3. The lowest BCUT2D eigenvalue weighted by Crippen LogP contribution is -2.01. The first-order chi connectivity index (χ1) is 11.2. The third-order valence-corrected chi connectivity index (χ3v) is 3.19. The third-order valence-electron chi connectivity index (χ3n) is 3.19. The molecule has 0 unspecified atom stereocenters. The molecule has 0 aromatic heterocycles. The number of allylic oxidation sites excluding steroid dienone is 2. The molecule has 0 saturated carbocycles. The van der Waals surface area contributed by atoms with Crippen molar-refractivity contribution in [2.45, 2.75) is 6.42 Å². The first kappa shape index (κ1) is 16.4. The van der Waals surface area contributed by atoms with E-state index in [-0.39, 0.29) is 18.0 Å². The van der Waals surface area contributed by atoms with Gasteiger partial charge < -0.3 is 4.74 Å². The quantitative estimate of drug-likeness (QED) is 0.574. The van der Waals surface area contributed by atoms with E-state index in [1.54, 1.807) is 19.3 Å². The lowest BCUT2D eigenvalue weighted by molar-refractivity contribution is -0.121. The lowest BCUT2D eigenvalue weighted by atomic mass is 10.1. The minimum absolute atomic E-state index is 0.129. The summed E-state index contributed by atoms with van der Waals surface area (Å²) in [6.07, 6.45) is 6.14. The van der Waals surface area contributed by atoms with Crippen molar-refractivity contribution in [1.29, 1.82) is 0 Å². The van der Waals surface area contributed by atoms with Crippen LogP contribution in [0.2, 0.25) is 0 Å². The van der Waals surface area contributed by atoms with Crippen LogP contribution in [0, 0.1) is 0 Å². The summed E-state index contributed by atoms with van der Waals surface area (Å²) in [6, 6.07) is 16.8. The van der Waals surface area contributed by atoms with Crippen LogP contribution in [0.25, 0.3) is 12.2 Å². The van der Waals surface area contributed by atoms with Gasteiger partial charge in [-0.15, -0.1) is 0 Å². The first-order valence-corrected chi connectivity index (χ1v) is 7.28. The number of carbonyl (C=O) groups excluding carboxylic acids is 2. The average Bonchev–Trinajstić information content (AvgIpc) is 2.59. The Morgan fingerprint density at radius 1 is 0.826 bits per heavy atom. The van der Waals surface area contributed by atoms with Gasteiger partial charge >= 0.3 is 0 Å². The predicted molar refractivity (Wildman–Crippen MR) is 92.1 cm³/mol. The van der Waals surface area contributed by atoms with Crippen molar-refractivity contribution in [3.05, 3.63) is 77.9 Å². The number of methoxy groups -OCH3 is 1.